The Morgan fingerprint density at radius 2 is 1.77 bits per heavy atom. The van der Waals surface area contributed by atoms with Crippen molar-refractivity contribution < 1.29 is 14.3 Å². The molecule has 40 heavy (non-hydrogen) atoms. The molecule has 4 aromatic rings. The first-order valence-corrected chi connectivity index (χ1v) is 14.3. The molecule has 0 N–H and O–H groups in total. The lowest BCUT2D eigenvalue weighted by molar-refractivity contribution is -0.139. The predicted molar refractivity (Wildman–Crippen MR) is 159 cm³/mol. The minimum atomic E-state index is -0.680. The van der Waals surface area contributed by atoms with E-state index in [-0.39, 0.29) is 18.8 Å². The lowest BCUT2D eigenvalue weighted by atomic mass is 9.96. The van der Waals surface area contributed by atoms with Gasteiger partial charge in [-0.3, -0.25) is 9.36 Å². The van der Waals surface area contributed by atoms with E-state index < -0.39 is 12.0 Å². The Morgan fingerprint density at radius 1 is 1.05 bits per heavy atom. The molecule has 1 aromatic heterocycles. The van der Waals surface area contributed by atoms with Crippen LogP contribution in [-0.2, 0) is 16.1 Å². The van der Waals surface area contributed by atoms with E-state index in [0.717, 1.165) is 11.1 Å². The van der Waals surface area contributed by atoms with Gasteiger partial charge in [0.1, 0.15) is 12.4 Å². The molecule has 1 aliphatic rings. The number of rotatable bonds is 7. The molecule has 0 saturated heterocycles. The van der Waals surface area contributed by atoms with Crippen molar-refractivity contribution in [2.75, 3.05) is 6.61 Å². The minimum Gasteiger partial charge on any atom is -0.488 e. The first kappa shape index (κ1) is 28.2. The van der Waals surface area contributed by atoms with Gasteiger partial charge in [0.25, 0.3) is 5.56 Å². The van der Waals surface area contributed by atoms with Crippen LogP contribution in [-0.4, -0.2) is 17.1 Å². The largest absolute Gasteiger partial charge is 0.488 e. The first-order valence-electron chi connectivity index (χ1n) is 12.4. The number of aromatic nitrogens is 1. The third kappa shape index (κ3) is 5.74. The Kier molecular flexibility index (Phi) is 8.47. The van der Waals surface area contributed by atoms with E-state index in [1.807, 2.05) is 30.3 Å². The van der Waals surface area contributed by atoms with Crippen molar-refractivity contribution in [1.82, 2.24) is 4.57 Å². The van der Waals surface area contributed by atoms with Crippen LogP contribution in [0.4, 0.5) is 0 Å². The van der Waals surface area contributed by atoms with Crippen molar-refractivity contribution in [2.45, 2.75) is 26.5 Å². The monoisotopic (exact) mass is 612 g/mol. The van der Waals surface area contributed by atoms with E-state index in [1.54, 1.807) is 60.9 Å². The molecular weight excluding hydrogens is 591 g/mol. The number of carbonyl (C=O) groups is 1. The van der Waals surface area contributed by atoms with Crippen LogP contribution < -0.4 is 19.6 Å². The summed E-state index contributed by atoms with van der Waals surface area (Å²) >= 11 is 19.9. The molecule has 0 fully saturated rings. The summed E-state index contributed by atoms with van der Waals surface area (Å²) in [5.41, 5.74) is 2.69. The van der Waals surface area contributed by atoms with Crippen LogP contribution in [0.3, 0.4) is 0 Å². The van der Waals surface area contributed by atoms with Crippen molar-refractivity contribution in [3.8, 4) is 5.75 Å². The number of hydrogen-bond acceptors (Lipinski definition) is 6. The fourth-order valence-corrected chi connectivity index (χ4v) is 6.12. The summed E-state index contributed by atoms with van der Waals surface area (Å²) in [6, 6.07) is 19.1. The summed E-state index contributed by atoms with van der Waals surface area (Å²) in [6.45, 7) is 3.90. The van der Waals surface area contributed by atoms with E-state index in [2.05, 4.69) is 4.99 Å². The molecule has 0 unspecified atom stereocenters. The standard InChI is InChI=1S/C30H23Cl3N2O4S/c1-3-38-29(37)26-17(2)34-30-35(27(26)18-7-5-4-6-8-18)28(36)25(40-30)14-20-13-21(31)11-12-24(20)39-16-19-9-10-22(32)15-23(19)33/h4-15,27H,3,16H2,1-2H3/b25-14-/t27-/m1/s1. The predicted octanol–water partition coefficient (Wildman–Crippen LogP) is 6.34. The summed E-state index contributed by atoms with van der Waals surface area (Å²) in [5, 5.41) is 1.51. The molecule has 0 radical (unpaired) electrons. The number of hydrogen-bond donors (Lipinski definition) is 0. The van der Waals surface area contributed by atoms with Crippen molar-refractivity contribution in [1.29, 1.82) is 0 Å². The van der Waals surface area contributed by atoms with Gasteiger partial charge in [-0.1, -0.05) is 82.5 Å². The molecule has 3 aromatic carbocycles. The number of esters is 1. The van der Waals surface area contributed by atoms with Gasteiger partial charge in [-0.05, 0) is 55.8 Å². The molecule has 10 heteroatoms. The van der Waals surface area contributed by atoms with Crippen LogP contribution in [0.15, 0.2) is 87.8 Å². The smallest absolute Gasteiger partial charge is 0.338 e. The normalized spacial score (nSPS) is 15.0. The van der Waals surface area contributed by atoms with Gasteiger partial charge in [0.2, 0.25) is 0 Å². The molecule has 6 nitrogen and oxygen atoms in total. The second-order valence-corrected chi connectivity index (χ2v) is 11.2. The number of allylic oxidation sites excluding steroid dienone is 1. The molecule has 0 spiro atoms. The van der Waals surface area contributed by atoms with Crippen molar-refractivity contribution in [3.05, 3.63) is 129 Å². The maximum absolute atomic E-state index is 13.9. The average Bonchev–Trinajstić information content (AvgIpc) is 3.23. The second kappa shape index (κ2) is 12.0. The summed E-state index contributed by atoms with van der Waals surface area (Å²) in [5.74, 6) is 0.0162. The van der Waals surface area contributed by atoms with Gasteiger partial charge < -0.3 is 9.47 Å². The fraction of sp³-hybridized carbons (Fsp3) is 0.167. The van der Waals surface area contributed by atoms with Crippen molar-refractivity contribution in [2.24, 2.45) is 4.99 Å². The lowest BCUT2D eigenvalue weighted by Gasteiger charge is -2.24. The summed E-state index contributed by atoms with van der Waals surface area (Å²) in [4.78, 5) is 32.0. The molecule has 204 valence electrons. The Balaban J connectivity index is 1.60. The highest BCUT2D eigenvalue weighted by atomic mass is 35.5. The lowest BCUT2D eigenvalue weighted by Crippen LogP contribution is -2.39. The zero-order chi connectivity index (χ0) is 28.4. The van der Waals surface area contributed by atoms with E-state index in [0.29, 0.717) is 47.0 Å². The Bertz CT molecular complexity index is 1810. The number of thiazole rings is 1. The van der Waals surface area contributed by atoms with Crippen molar-refractivity contribution in [3.63, 3.8) is 0 Å². The minimum absolute atomic E-state index is 0.190. The van der Waals surface area contributed by atoms with E-state index in [9.17, 15) is 9.59 Å². The van der Waals surface area contributed by atoms with Gasteiger partial charge in [-0.25, -0.2) is 9.79 Å². The maximum atomic E-state index is 13.9. The highest BCUT2D eigenvalue weighted by molar-refractivity contribution is 7.07. The number of carbonyl (C=O) groups excluding carboxylic acids is 1. The van der Waals surface area contributed by atoms with Gasteiger partial charge in [0, 0.05) is 26.2 Å². The van der Waals surface area contributed by atoms with Gasteiger partial charge >= 0.3 is 5.97 Å². The Labute approximate surface area is 249 Å². The van der Waals surface area contributed by atoms with E-state index >= 15 is 0 Å². The van der Waals surface area contributed by atoms with E-state index in [4.69, 9.17) is 44.3 Å². The van der Waals surface area contributed by atoms with Crippen molar-refractivity contribution >= 4 is 58.2 Å². The second-order valence-electron chi connectivity index (χ2n) is 8.92. The third-order valence-electron chi connectivity index (χ3n) is 6.29. The van der Waals surface area contributed by atoms with Crippen LogP contribution in [0.5, 0.6) is 5.75 Å². The molecule has 2 heterocycles. The molecule has 1 atom stereocenters. The summed E-state index contributed by atoms with van der Waals surface area (Å²) in [7, 11) is 0. The van der Waals surface area contributed by atoms with Crippen LogP contribution in [0.2, 0.25) is 15.1 Å². The highest BCUT2D eigenvalue weighted by Crippen LogP contribution is 2.31. The van der Waals surface area contributed by atoms with Gasteiger partial charge in [-0.2, -0.15) is 0 Å². The van der Waals surface area contributed by atoms with E-state index in [1.165, 1.54) is 11.3 Å². The SMILES string of the molecule is CCOC(=O)C1=C(C)N=c2s/c(=C\c3cc(Cl)ccc3OCc3ccc(Cl)cc3Cl)c(=O)n2[C@@H]1c1ccccc1. The van der Waals surface area contributed by atoms with Gasteiger partial charge in [-0.15, -0.1) is 0 Å². The Hall–Kier alpha value is -3.36. The average molecular weight is 614 g/mol. The first-order chi connectivity index (χ1) is 19.3. The molecule has 0 bridgehead atoms. The van der Waals surface area contributed by atoms with Crippen LogP contribution in [0.25, 0.3) is 6.08 Å². The van der Waals surface area contributed by atoms with Gasteiger partial charge in [0.05, 0.1) is 28.5 Å². The summed E-state index contributed by atoms with van der Waals surface area (Å²) < 4.78 is 13.4. The third-order valence-corrected chi connectivity index (χ3v) is 8.09. The summed E-state index contributed by atoms with van der Waals surface area (Å²) in [6.07, 6.45) is 1.72. The van der Waals surface area contributed by atoms with Gasteiger partial charge in [0.15, 0.2) is 4.80 Å². The highest BCUT2D eigenvalue weighted by Gasteiger charge is 2.33. The van der Waals surface area contributed by atoms with Crippen LogP contribution >= 0.6 is 46.1 Å². The number of halogens is 3. The molecule has 0 amide bonds. The number of ether oxygens (including phenoxy) is 2. The quantitative estimate of drug-likeness (QED) is 0.228. The Morgan fingerprint density at radius 3 is 2.50 bits per heavy atom. The molecular formula is C30H23Cl3N2O4S. The molecule has 0 saturated carbocycles. The molecule has 5 rings (SSSR count). The maximum Gasteiger partial charge on any atom is 0.338 e. The fourth-order valence-electron chi connectivity index (χ4n) is 4.44. The molecule has 1 aliphatic heterocycles. The molecule has 0 aliphatic carbocycles. The number of fused-ring (bicyclic) bond motifs is 1. The van der Waals surface area contributed by atoms with Crippen LogP contribution in [0.1, 0.15) is 36.6 Å². The number of benzene rings is 3. The zero-order valence-corrected chi connectivity index (χ0v) is 24.6. The number of nitrogens with zero attached hydrogens (tertiary/aromatic N) is 2. The zero-order valence-electron chi connectivity index (χ0n) is 21.5. The van der Waals surface area contributed by atoms with Crippen LogP contribution in [0, 0.1) is 0 Å². The topological polar surface area (TPSA) is 69.9 Å².